The molecule has 5 heteroatoms. The van der Waals surface area contributed by atoms with E-state index in [2.05, 4.69) is 10.3 Å². The van der Waals surface area contributed by atoms with Crippen molar-refractivity contribution in [2.75, 3.05) is 13.7 Å². The van der Waals surface area contributed by atoms with Crippen molar-refractivity contribution in [1.29, 1.82) is 0 Å². The molecule has 0 spiro atoms. The predicted octanol–water partition coefficient (Wildman–Crippen LogP) is 1.02. The fourth-order valence-electron chi connectivity index (χ4n) is 2.20. The Morgan fingerprint density at radius 3 is 2.74 bits per heavy atom. The van der Waals surface area contributed by atoms with Crippen LogP contribution in [0.15, 0.2) is 24.3 Å². The van der Waals surface area contributed by atoms with Gasteiger partial charge in [-0.15, -0.1) is 0 Å². The average molecular weight is 262 g/mol. The number of hydroxylamine groups is 1. The zero-order valence-corrected chi connectivity index (χ0v) is 11.2. The Morgan fingerprint density at radius 2 is 2.11 bits per heavy atom. The van der Waals surface area contributed by atoms with Gasteiger partial charge in [-0.1, -0.05) is 29.8 Å². The van der Waals surface area contributed by atoms with Gasteiger partial charge in [0.2, 0.25) is 11.8 Å². The van der Waals surface area contributed by atoms with E-state index in [0.29, 0.717) is 13.1 Å². The van der Waals surface area contributed by atoms with Crippen molar-refractivity contribution in [3.8, 4) is 0 Å². The van der Waals surface area contributed by atoms with Crippen LogP contribution < -0.4 is 5.48 Å². The Kier molecular flexibility index (Phi) is 4.16. The number of benzene rings is 1. The summed E-state index contributed by atoms with van der Waals surface area (Å²) in [5.41, 5.74) is 4.55. The van der Waals surface area contributed by atoms with Gasteiger partial charge < -0.3 is 4.90 Å². The highest BCUT2D eigenvalue weighted by molar-refractivity contribution is 5.88. The van der Waals surface area contributed by atoms with Gasteiger partial charge in [0, 0.05) is 19.5 Å². The lowest BCUT2D eigenvalue weighted by Gasteiger charge is -2.16. The molecule has 19 heavy (non-hydrogen) atoms. The van der Waals surface area contributed by atoms with Gasteiger partial charge in [-0.3, -0.25) is 14.4 Å². The number of hydrogen-bond donors (Lipinski definition) is 1. The highest BCUT2D eigenvalue weighted by atomic mass is 16.6. The third-order valence-electron chi connectivity index (χ3n) is 3.28. The maximum atomic E-state index is 11.9. The van der Waals surface area contributed by atoms with Crippen molar-refractivity contribution in [1.82, 2.24) is 10.4 Å². The number of hydrogen-bond acceptors (Lipinski definition) is 3. The number of carbonyl (C=O) groups is 2. The molecule has 1 aliphatic heterocycles. The SMILES string of the molecule is CONC(=O)C1CC(=O)N(Cc2ccc(C)cc2)C1. The Labute approximate surface area is 112 Å². The van der Waals surface area contributed by atoms with E-state index < -0.39 is 0 Å². The van der Waals surface area contributed by atoms with Gasteiger partial charge >= 0.3 is 0 Å². The first kappa shape index (κ1) is 13.5. The van der Waals surface area contributed by atoms with Crippen molar-refractivity contribution in [3.05, 3.63) is 35.4 Å². The molecule has 0 bridgehead atoms. The lowest BCUT2D eigenvalue weighted by Crippen LogP contribution is -2.32. The Balaban J connectivity index is 1.96. The van der Waals surface area contributed by atoms with Gasteiger partial charge in [-0.25, -0.2) is 5.48 Å². The lowest BCUT2D eigenvalue weighted by molar-refractivity contribution is -0.135. The van der Waals surface area contributed by atoms with Crippen LogP contribution in [0.25, 0.3) is 0 Å². The maximum Gasteiger partial charge on any atom is 0.248 e. The first-order valence-corrected chi connectivity index (χ1v) is 6.26. The maximum absolute atomic E-state index is 11.9. The van der Waals surface area contributed by atoms with E-state index >= 15 is 0 Å². The molecule has 2 rings (SSSR count). The number of amides is 2. The third kappa shape index (κ3) is 3.32. The van der Waals surface area contributed by atoms with Gasteiger partial charge in [-0.05, 0) is 12.5 Å². The molecule has 1 fully saturated rings. The zero-order chi connectivity index (χ0) is 13.8. The Hall–Kier alpha value is -1.88. The first-order valence-electron chi connectivity index (χ1n) is 6.26. The summed E-state index contributed by atoms with van der Waals surface area (Å²) in [6.07, 6.45) is 0.251. The summed E-state index contributed by atoms with van der Waals surface area (Å²) in [6.45, 7) is 3.02. The number of nitrogens with zero attached hydrogens (tertiary/aromatic N) is 1. The van der Waals surface area contributed by atoms with Crippen molar-refractivity contribution in [2.24, 2.45) is 5.92 Å². The van der Waals surface area contributed by atoms with E-state index in [0.717, 1.165) is 5.56 Å². The minimum Gasteiger partial charge on any atom is -0.338 e. The van der Waals surface area contributed by atoms with E-state index in [4.69, 9.17) is 0 Å². The Morgan fingerprint density at radius 1 is 1.42 bits per heavy atom. The first-order chi connectivity index (χ1) is 9.10. The molecule has 1 atom stereocenters. The van der Waals surface area contributed by atoms with Crippen LogP contribution in [0.3, 0.4) is 0 Å². The zero-order valence-electron chi connectivity index (χ0n) is 11.2. The van der Waals surface area contributed by atoms with Crippen LogP contribution in [-0.4, -0.2) is 30.4 Å². The monoisotopic (exact) mass is 262 g/mol. The van der Waals surface area contributed by atoms with Crippen LogP contribution >= 0.6 is 0 Å². The molecule has 0 radical (unpaired) electrons. The molecule has 1 N–H and O–H groups in total. The highest BCUT2D eigenvalue weighted by Gasteiger charge is 2.34. The average Bonchev–Trinajstić information content (AvgIpc) is 2.74. The molecular formula is C14H18N2O3. The van der Waals surface area contributed by atoms with Crippen molar-refractivity contribution in [2.45, 2.75) is 19.9 Å². The molecule has 0 aliphatic carbocycles. The summed E-state index contributed by atoms with van der Waals surface area (Å²) in [6, 6.07) is 8.05. The van der Waals surface area contributed by atoms with Gasteiger partial charge in [0.15, 0.2) is 0 Å². The quantitative estimate of drug-likeness (QED) is 0.824. The second-order valence-corrected chi connectivity index (χ2v) is 4.83. The predicted molar refractivity (Wildman–Crippen MR) is 69.9 cm³/mol. The summed E-state index contributed by atoms with van der Waals surface area (Å²) in [5.74, 6) is -0.544. The van der Waals surface area contributed by atoms with E-state index in [1.807, 2.05) is 31.2 Å². The van der Waals surface area contributed by atoms with Crippen LogP contribution in [0.5, 0.6) is 0 Å². The van der Waals surface area contributed by atoms with Gasteiger partial charge in [0.25, 0.3) is 0 Å². The summed E-state index contributed by atoms with van der Waals surface area (Å²) in [5, 5.41) is 0. The molecule has 2 amide bonds. The molecule has 0 aromatic heterocycles. The molecule has 102 valence electrons. The van der Waals surface area contributed by atoms with Crippen molar-refractivity contribution in [3.63, 3.8) is 0 Å². The van der Waals surface area contributed by atoms with E-state index in [1.54, 1.807) is 4.90 Å². The van der Waals surface area contributed by atoms with Gasteiger partial charge in [0.1, 0.15) is 0 Å². The number of aryl methyl sites for hydroxylation is 1. The second kappa shape index (κ2) is 5.84. The fraction of sp³-hybridized carbons (Fsp3) is 0.429. The standard InChI is InChI=1S/C14H18N2O3/c1-10-3-5-11(6-4-10)8-16-9-12(7-13(16)17)14(18)15-19-2/h3-6,12H,7-9H2,1-2H3,(H,15,18). The number of carbonyl (C=O) groups excluding carboxylic acids is 2. The molecule has 1 aromatic rings. The smallest absolute Gasteiger partial charge is 0.248 e. The molecule has 1 unspecified atom stereocenters. The molecule has 5 nitrogen and oxygen atoms in total. The van der Waals surface area contributed by atoms with Crippen LogP contribution in [0.1, 0.15) is 17.5 Å². The molecule has 0 saturated carbocycles. The van der Waals surface area contributed by atoms with Gasteiger partial charge in [0.05, 0.1) is 13.0 Å². The number of nitrogens with one attached hydrogen (secondary N) is 1. The largest absolute Gasteiger partial charge is 0.338 e. The molecule has 1 saturated heterocycles. The number of rotatable bonds is 4. The summed E-state index contributed by atoms with van der Waals surface area (Å²) in [7, 11) is 1.39. The second-order valence-electron chi connectivity index (χ2n) is 4.83. The van der Waals surface area contributed by atoms with E-state index in [-0.39, 0.29) is 24.2 Å². The summed E-state index contributed by atoms with van der Waals surface area (Å²) in [4.78, 5) is 29.8. The molecule has 1 aliphatic rings. The number of likely N-dealkylation sites (tertiary alicyclic amines) is 1. The highest BCUT2D eigenvalue weighted by Crippen LogP contribution is 2.20. The fourth-order valence-corrected chi connectivity index (χ4v) is 2.20. The topological polar surface area (TPSA) is 58.6 Å². The third-order valence-corrected chi connectivity index (χ3v) is 3.28. The normalized spacial score (nSPS) is 18.7. The van der Waals surface area contributed by atoms with Crippen LogP contribution in [0.4, 0.5) is 0 Å². The van der Waals surface area contributed by atoms with Crippen LogP contribution in [-0.2, 0) is 21.0 Å². The molecule has 1 heterocycles. The Bertz CT molecular complexity index is 470. The van der Waals surface area contributed by atoms with Crippen molar-refractivity contribution < 1.29 is 14.4 Å². The molecule has 1 aromatic carbocycles. The van der Waals surface area contributed by atoms with Gasteiger partial charge in [-0.2, -0.15) is 0 Å². The summed E-state index contributed by atoms with van der Waals surface area (Å²) < 4.78 is 0. The van der Waals surface area contributed by atoms with Crippen LogP contribution in [0.2, 0.25) is 0 Å². The lowest BCUT2D eigenvalue weighted by atomic mass is 10.1. The summed E-state index contributed by atoms with van der Waals surface area (Å²) >= 11 is 0. The van der Waals surface area contributed by atoms with Crippen molar-refractivity contribution >= 4 is 11.8 Å². The minimum atomic E-state index is -0.321. The molecular weight excluding hydrogens is 244 g/mol. The minimum absolute atomic E-state index is 0.0110. The van der Waals surface area contributed by atoms with E-state index in [9.17, 15) is 9.59 Å². The van der Waals surface area contributed by atoms with Crippen LogP contribution in [0, 0.1) is 12.8 Å². The van der Waals surface area contributed by atoms with E-state index in [1.165, 1.54) is 12.7 Å².